The molecule has 0 saturated heterocycles. The number of halogens is 1. The Balaban J connectivity index is 2.04. The Kier molecular flexibility index (Phi) is 2.92. The Morgan fingerprint density at radius 1 is 1.41 bits per heavy atom. The summed E-state index contributed by atoms with van der Waals surface area (Å²) < 4.78 is 3.33. The molecule has 2 aromatic rings. The van der Waals surface area contributed by atoms with Crippen molar-refractivity contribution in [2.75, 3.05) is 13.1 Å². The van der Waals surface area contributed by atoms with Crippen LogP contribution >= 0.6 is 15.9 Å². The van der Waals surface area contributed by atoms with Crippen LogP contribution < -0.4 is 0 Å². The fourth-order valence-corrected chi connectivity index (χ4v) is 2.88. The molecule has 2 aromatic heterocycles. The van der Waals surface area contributed by atoms with E-state index in [-0.39, 0.29) is 0 Å². The van der Waals surface area contributed by atoms with Gasteiger partial charge in [0, 0.05) is 30.2 Å². The zero-order chi connectivity index (χ0) is 11.8. The van der Waals surface area contributed by atoms with E-state index in [1.54, 1.807) is 0 Å². The van der Waals surface area contributed by atoms with Gasteiger partial charge in [-0.2, -0.15) is 0 Å². The molecule has 0 unspecified atom stereocenters. The fourth-order valence-electron chi connectivity index (χ4n) is 2.55. The number of rotatable bonds is 2. The maximum absolute atomic E-state index is 4.70. The van der Waals surface area contributed by atoms with Crippen LogP contribution in [0.25, 0.3) is 5.65 Å². The van der Waals surface area contributed by atoms with Crippen LogP contribution in [0.5, 0.6) is 0 Å². The molecule has 0 radical (unpaired) electrons. The first-order chi connectivity index (χ1) is 8.28. The summed E-state index contributed by atoms with van der Waals surface area (Å²) in [5, 5.41) is 0. The van der Waals surface area contributed by atoms with Crippen LogP contribution in [0.15, 0.2) is 22.8 Å². The van der Waals surface area contributed by atoms with E-state index in [1.807, 2.05) is 0 Å². The first-order valence-electron chi connectivity index (χ1n) is 6.15. The molecule has 0 bridgehead atoms. The second-order valence-electron chi connectivity index (χ2n) is 4.61. The normalized spacial score (nSPS) is 16.4. The first kappa shape index (κ1) is 11.2. The first-order valence-corrected chi connectivity index (χ1v) is 6.95. The third-order valence-electron chi connectivity index (χ3n) is 3.34. The molecule has 0 saturated carbocycles. The van der Waals surface area contributed by atoms with Gasteiger partial charge >= 0.3 is 0 Å². The van der Waals surface area contributed by atoms with Crippen molar-refractivity contribution in [3.05, 3.63) is 34.2 Å². The van der Waals surface area contributed by atoms with Gasteiger partial charge in [0.1, 0.15) is 5.65 Å². The highest BCUT2D eigenvalue weighted by Crippen LogP contribution is 2.22. The number of imidazole rings is 1. The van der Waals surface area contributed by atoms with Gasteiger partial charge in [-0.1, -0.05) is 6.92 Å². The predicted molar refractivity (Wildman–Crippen MR) is 72.2 cm³/mol. The molecule has 1 aliphatic heterocycles. The summed E-state index contributed by atoms with van der Waals surface area (Å²) >= 11 is 3.53. The molecule has 1 aliphatic rings. The van der Waals surface area contributed by atoms with Crippen molar-refractivity contribution in [2.45, 2.75) is 26.3 Å². The molecule has 0 aromatic carbocycles. The number of fused-ring (bicyclic) bond motifs is 3. The third kappa shape index (κ3) is 2.00. The Morgan fingerprint density at radius 2 is 2.29 bits per heavy atom. The number of pyridine rings is 1. The topological polar surface area (TPSA) is 20.5 Å². The van der Waals surface area contributed by atoms with Crippen molar-refractivity contribution in [1.82, 2.24) is 14.3 Å². The molecule has 3 rings (SSSR count). The average molecular weight is 294 g/mol. The van der Waals surface area contributed by atoms with E-state index in [4.69, 9.17) is 4.98 Å². The third-order valence-corrected chi connectivity index (χ3v) is 3.81. The van der Waals surface area contributed by atoms with E-state index in [0.29, 0.717) is 0 Å². The molecule has 4 heteroatoms. The van der Waals surface area contributed by atoms with Crippen LogP contribution in [-0.2, 0) is 13.0 Å². The van der Waals surface area contributed by atoms with Crippen LogP contribution in [0.1, 0.15) is 24.7 Å². The maximum Gasteiger partial charge on any atom is 0.137 e. The lowest BCUT2D eigenvalue weighted by Gasteiger charge is -2.25. The molecule has 17 heavy (non-hydrogen) atoms. The number of hydrogen-bond donors (Lipinski definition) is 0. The van der Waals surface area contributed by atoms with Crippen molar-refractivity contribution in [3.8, 4) is 0 Å². The largest absolute Gasteiger partial charge is 0.301 e. The van der Waals surface area contributed by atoms with E-state index in [0.717, 1.165) is 29.6 Å². The van der Waals surface area contributed by atoms with Crippen molar-refractivity contribution in [2.24, 2.45) is 0 Å². The van der Waals surface area contributed by atoms with Crippen molar-refractivity contribution in [3.63, 3.8) is 0 Å². The van der Waals surface area contributed by atoms with Crippen LogP contribution in [0.2, 0.25) is 0 Å². The van der Waals surface area contributed by atoms with Gasteiger partial charge in [0.05, 0.1) is 11.4 Å². The molecule has 0 aliphatic carbocycles. The average Bonchev–Trinajstić information content (AvgIpc) is 2.67. The molecule has 0 fully saturated rings. The molecular weight excluding hydrogens is 278 g/mol. The summed E-state index contributed by atoms with van der Waals surface area (Å²) in [6, 6.07) is 4.13. The van der Waals surface area contributed by atoms with Crippen molar-refractivity contribution in [1.29, 1.82) is 0 Å². The lowest BCUT2D eigenvalue weighted by atomic mass is 10.1. The minimum atomic E-state index is 1.03. The zero-order valence-corrected chi connectivity index (χ0v) is 11.6. The summed E-state index contributed by atoms with van der Waals surface area (Å²) in [5.41, 5.74) is 3.70. The lowest BCUT2D eigenvalue weighted by molar-refractivity contribution is 0.249. The molecule has 0 atom stereocenters. The smallest absolute Gasteiger partial charge is 0.137 e. The Hall–Kier alpha value is -0.870. The molecule has 0 N–H and O–H groups in total. The number of nitrogens with zero attached hydrogens (tertiary/aromatic N) is 3. The van der Waals surface area contributed by atoms with Gasteiger partial charge in [0.15, 0.2) is 0 Å². The highest BCUT2D eigenvalue weighted by molar-refractivity contribution is 9.10. The van der Waals surface area contributed by atoms with Gasteiger partial charge in [0.25, 0.3) is 0 Å². The minimum absolute atomic E-state index is 1.03. The number of aromatic nitrogens is 2. The van der Waals surface area contributed by atoms with Gasteiger partial charge in [-0.05, 0) is 41.0 Å². The molecule has 0 spiro atoms. The quantitative estimate of drug-likeness (QED) is 0.849. The Labute approximate surface area is 110 Å². The van der Waals surface area contributed by atoms with E-state index < -0.39 is 0 Å². The molecule has 90 valence electrons. The maximum atomic E-state index is 4.70. The van der Waals surface area contributed by atoms with Crippen molar-refractivity contribution >= 4 is 21.6 Å². The van der Waals surface area contributed by atoms with E-state index in [1.165, 1.54) is 24.4 Å². The van der Waals surface area contributed by atoms with Gasteiger partial charge < -0.3 is 4.40 Å². The molecule has 0 amide bonds. The van der Waals surface area contributed by atoms with E-state index >= 15 is 0 Å². The zero-order valence-electron chi connectivity index (χ0n) is 9.99. The van der Waals surface area contributed by atoms with Gasteiger partial charge in [-0.25, -0.2) is 4.98 Å². The highest BCUT2D eigenvalue weighted by atomic mass is 79.9. The summed E-state index contributed by atoms with van der Waals surface area (Å²) in [7, 11) is 0. The Bertz CT molecular complexity index is 547. The second-order valence-corrected chi connectivity index (χ2v) is 5.52. The summed E-state index contributed by atoms with van der Waals surface area (Å²) in [5.74, 6) is 0. The van der Waals surface area contributed by atoms with E-state index in [9.17, 15) is 0 Å². The number of hydrogen-bond acceptors (Lipinski definition) is 2. The molecule has 3 heterocycles. The van der Waals surface area contributed by atoms with Gasteiger partial charge in [-0.3, -0.25) is 4.90 Å². The monoisotopic (exact) mass is 293 g/mol. The summed E-state index contributed by atoms with van der Waals surface area (Å²) in [6.45, 7) is 5.59. The summed E-state index contributed by atoms with van der Waals surface area (Å²) in [4.78, 5) is 7.22. The second kappa shape index (κ2) is 4.42. The van der Waals surface area contributed by atoms with Crippen LogP contribution in [0.4, 0.5) is 0 Å². The van der Waals surface area contributed by atoms with Crippen LogP contribution in [0.3, 0.4) is 0 Å². The fraction of sp³-hybridized carbons (Fsp3) is 0.462. The standard InChI is InChI=1S/C13H16BrN3/c1-2-6-16-7-5-11-12(9-16)17-8-10(14)3-4-13(17)15-11/h3-4,8H,2,5-7,9H2,1H3. The minimum Gasteiger partial charge on any atom is -0.301 e. The summed E-state index contributed by atoms with van der Waals surface area (Å²) in [6.07, 6.45) is 4.42. The van der Waals surface area contributed by atoms with Gasteiger partial charge in [0.2, 0.25) is 0 Å². The predicted octanol–water partition coefficient (Wildman–Crippen LogP) is 2.86. The van der Waals surface area contributed by atoms with Crippen LogP contribution in [0, 0.1) is 0 Å². The van der Waals surface area contributed by atoms with Crippen molar-refractivity contribution < 1.29 is 0 Å². The Morgan fingerprint density at radius 3 is 3.12 bits per heavy atom. The van der Waals surface area contributed by atoms with Crippen LogP contribution in [-0.4, -0.2) is 27.4 Å². The highest BCUT2D eigenvalue weighted by Gasteiger charge is 2.20. The van der Waals surface area contributed by atoms with E-state index in [2.05, 4.69) is 50.5 Å². The SMILES string of the molecule is CCCN1CCc2nc3ccc(Br)cn3c2C1. The lowest BCUT2D eigenvalue weighted by Crippen LogP contribution is -2.31. The molecular formula is C13H16BrN3. The molecule has 3 nitrogen and oxygen atoms in total. The van der Waals surface area contributed by atoms with Gasteiger partial charge in [-0.15, -0.1) is 0 Å².